The molecule has 0 aromatic carbocycles. The standard InChI is InChI=1S/C8H19NO/c1-3-5-6-8(10)7(9)4-2/h7-8,10H,3-6,9H2,1-2H3/t7-,8-/m0/s1. The zero-order valence-electron chi connectivity index (χ0n) is 7.01. The molecule has 0 heterocycles. The van der Waals surface area contributed by atoms with E-state index in [0.717, 1.165) is 25.7 Å². The van der Waals surface area contributed by atoms with E-state index in [4.69, 9.17) is 5.73 Å². The second-order valence-corrected chi connectivity index (χ2v) is 2.78. The molecule has 0 rings (SSSR count). The SMILES string of the molecule is CCCC[C@H](O)[C@@H](N)CC. The Morgan fingerprint density at radius 3 is 2.40 bits per heavy atom. The average molecular weight is 145 g/mol. The highest BCUT2D eigenvalue weighted by atomic mass is 16.3. The van der Waals surface area contributed by atoms with Crippen molar-refractivity contribution in [2.45, 2.75) is 51.7 Å². The van der Waals surface area contributed by atoms with Crippen LogP contribution in [0.5, 0.6) is 0 Å². The van der Waals surface area contributed by atoms with Crippen molar-refractivity contribution in [2.24, 2.45) is 5.73 Å². The van der Waals surface area contributed by atoms with Gasteiger partial charge in [-0.15, -0.1) is 0 Å². The summed E-state index contributed by atoms with van der Waals surface area (Å²) in [5.41, 5.74) is 5.61. The third-order valence-electron chi connectivity index (χ3n) is 1.82. The maximum atomic E-state index is 9.32. The first-order valence-electron chi connectivity index (χ1n) is 4.16. The third kappa shape index (κ3) is 3.85. The summed E-state index contributed by atoms with van der Waals surface area (Å²) in [6.07, 6.45) is 3.64. The average Bonchev–Trinajstić information content (AvgIpc) is 1.98. The van der Waals surface area contributed by atoms with Gasteiger partial charge in [-0.2, -0.15) is 0 Å². The second kappa shape index (κ2) is 5.69. The molecule has 0 aliphatic heterocycles. The molecule has 2 nitrogen and oxygen atoms in total. The van der Waals surface area contributed by atoms with Crippen LogP contribution >= 0.6 is 0 Å². The van der Waals surface area contributed by atoms with Crippen molar-refractivity contribution >= 4 is 0 Å². The lowest BCUT2D eigenvalue weighted by atomic mass is 10.0. The minimum atomic E-state index is -0.287. The molecule has 0 unspecified atom stereocenters. The Morgan fingerprint density at radius 1 is 1.40 bits per heavy atom. The van der Waals surface area contributed by atoms with E-state index in [1.54, 1.807) is 0 Å². The summed E-state index contributed by atoms with van der Waals surface area (Å²) in [7, 11) is 0. The van der Waals surface area contributed by atoms with Crippen LogP contribution in [0.1, 0.15) is 39.5 Å². The Morgan fingerprint density at radius 2 is 2.00 bits per heavy atom. The van der Waals surface area contributed by atoms with Crippen molar-refractivity contribution in [1.82, 2.24) is 0 Å². The first-order valence-corrected chi connectivity index (χ1v) is 4.16. The van der Waals surface area contributed by atoms with Gasteiger partial charge in [0.2, 0.25) is 0 Å². The lowest BCUT2D eigenvalue weighted by molar-refractivity contribution is 0.130. The van der Waals surface area contributed by atoms with E-state index in [-0.39, 0.29) is 12.1 Å². The third-order valence-corrected chi connectivity index (χ3v) is 1.82. The topological polar surface area (TPSA) is 46.2 Å². The normalized spacial score (nSPS) is 16.8. The molecule has 0 aliphatic rings. The van der Waals surface area contributed by atoms with Crippen LogP contribution in [0.15, 0.2) is 0 Å². The van der Waals surface area contributed by atoms with Crippen LogP contribution in [-0.2, 0) is 0 Å². The molecule has 10 heavy (non-hydrogen) atoms. The molecule has 0 aromatic heterocycles. The Bertz CT molecular complexity index is 75.7. The van der Waals surface area contributed by atoms with Crippen LogP contribution in [0, 0.1) is 0 Å². The minimum Gasteiger partial charge on any atom is -0.392 e. The van der Waals surface area contributed by atoms with Crippen LogP contribution in [-0.4, -0.2) is 17.3 Å². The summed E-state index contributed by atoms with van der Waals surface area (Å²) in [4.78, 5) is 0. The molecule has 0 radical (unpaired) electrons. The molecule has 0 fully saturated rings. The van der Waals surface area contributed by atoms with Crippen LogP contribution in [0.2, 0.25) is 0 Å². The van der Waals surface area contributed by atoms with Crippen molar-refractivity contribution < 1.29 is 5.11 Å². The Kier molecular flexibility index (Phi) is 5.64. The van der Waals surface area contributed by atoms with Crippen LogP contribution in [0.25, 0.3) is 0 Å². The predicted molar refractivity (Wildman–Crippen MR) is 43.8 cm³/mol. The summed E-state index contributed by atoms with van der Waals surface area (Å²) in [6.45, 7) is 4.12. The van der Waals surface area contributed by atoms with Gasteiger partial charge in [-0.1, -0.05) is 26.7 Å². The minimum absolute atomic E-state index is 0.0217. The number of nitrogens with two attached hydrogens (primary N) is 1. The maximum absolute atomic E-state index is 9.32. The van der Waals surface area contributed by atoms with E-state index in [0.29, 0.717) is 0 Å². The zero-order chi connectivity index (χ0) is 7.98. The highest BCUT2D eigenvalue weighted by Crippen LogP contribution is 2.04. The quantitative estimate of drug-likeness (QED) is 0.612. The van der Waals surface area contributed by atoms with Crippen LogP contribution in [0.3, 0.4) is 0 Å². The van der Waals surface area contributed by atoms with Crippen molar-refractivity contribution in [3.63, 3.8) is 0 Å². The van der Waals surface area contributed by atoms with E-state index >= 15 is 0 Å². The zero-order valence-corrected chi connectivity index (χ0v) is 7.01. The fraction of sp³-hybridized carbons (Fsp3) is 1.00. The Balaban J connectivity index is 3.31. The van der Waals surface area contributed by atoms with Crippen LogP contribution in [0.4, 0.5) is 0 Å². The van der Waals surface area contributed by atoms with Crippen molar-refractivity contribution in [3.8, 4) is 0 Å². The summed E-state index contributed by atoms with van der Waals surface area (Å²) in [5.74, 6) is 0. The number of rotatable bonds is 5. The van der Waals surface area contributed by atoms with E-state index < -0.39 is 0 Å². The smallest absolute Gasteiger partial charge is 0.0691 e. The predicted octanol–water partition coefficient (Wildman–Crippen LogP) is 1.27. The van der Waals surface area contributed by atoms with Gasteiger partial charge in [0.1, 0.15) is 0 Å². The largest absolute Gasteiger partial charge is 0.392 e. The van der Waals surface area contributed by atoms with Gasteiger partial charge in [0.05, 0.1) is 6.10 Å². The summed E-state index contributed by atoms with van der Waals surface area (Å²) >= 11 is 0. The molecule has 0 amide bonds. The van der Waals surface area contributed by atoms with Gasteiger partial charge in [0.15, 0.2) is 0 Å². The van der Waals surface area contributed by atoms with Gasteiger partial charge >= 0.3 is 0 Å². The number of hydrogen-bond donors (Lipinski definition) is 2. The maximum Gasteiger partial charge on any atom is 0.0691 e. The highest BCUT2D eigenvalue weighted by Gasteiger charge is 2.10. The van der Waals surface area contributed by atoms with Gasteiger partial charge in [0, 0.05) is 6.04 Å². The fourth-order valence-corrected chi connectivity index (χ4v) is 0.899. The van der Waals surface area contributed by atoms with E-state index in [1.807, 2.05) is 6.92 Å². The number of unbranched alkanes of at least 4 members (excludes halogenated alkanes) is 1. The molecule has 0 aromatic rings. The number of aliphatic hydroxyl groups is 1. The first kappa shape index (κ1) is 9.92. The molecule has 62 valence electrons. The molecular weight excluding hydrogens is 126 g/mol. The lowest BCUT2D eigenvalue weighted by Gasteiger charge is -2.15. The highest BCUT2D eigenvalue weighted by molar-refractivity contribution is 4.69. The van der Waals surface area contributed by atoms with Crippen LogP contribution < -0.4 is 5.73 Å². The van der Waals surface area contributed by atoms with E-state index in [1.165, 1.54) is 0 Å². The lowest BCUT2D eigenvalue weighted by Crippen LogP contribution is -2.33. The number of aliphatic hydroxyl groups excluding tert-OH is 1. The van der Waals surface area contributed by atoms with E-state index in [2.05, 4.69) is 6.92 Å². The van der Waals surface area contributed by atoms with Gasteiger partial charge in [-0.05, 0) is 12.8 Å². The molecule has 3 N–H and O–H groups in total. The number of hydrogen-bond acceptors (Lipinski definition) is 2. The molecule has 0 aliphatic carbocycles. The molecule has 0 bridgehead atoms. The van der Waals surface area contributed by atoms with Gasteiger partial charge in [-0.25, -0.2) is 0 Å². The van der Waals surface area contributed by atoms with Crippen molar-refractivity contribution in [3.05, 3.63) is 0 Å². The molecule has 0 saturated carbocycles. The van der Waals surface area contributed by atoms with Crippen molar-refractivity contribution in [2.75, 3.05) is 0 Å². The monoisotopic (exact) mass is 145 g/mol. The summed E-state index contributed by atoms with van der Waals surface area (Å²) < 4.78 is 0. The molecule has 2 heteroatoms. The molecule has 0 spiro atoms. The summed E-state index contributed by atoms with van der Waals surface area (Å²) in [6, 6.07) is -0.0217. The molecule has 0 saturated heterocycles. The Labute approximate surface area is 63.4 Å². The fourth-order valence-electron chi connectivity index (χ4n) is 0.899. The molecule has 2 atom stereocenters. The van der Waals surface area contributed by atoms with Gasteiger partial charge < -0.3 is 10.8 Å². The van der Waals surface area contributed by atoms with Gasteiger partial charge in [-0.3, -0.25) is 0 Å². The molecular formula is C8H19NO. The van der Waals surface area contributed by atoms with Gasteiger partial charge in [0.25, 0.3) is 0 Å². The summed E-state index contributed by atoms with van der Waals surface area (Å²) in [5, 5.41) is 9.32. The second-order valence-electron chi connectivity index (χ2n) is 2.78. The van der Waals surface area contributed by atoms with Crippen molar-refractivity contribution in [1.29, 1.82) is 0 Å². The first-order chi connectivity index (χ1) is 4.72. The van der Waals surface area contributed by atoms with E-state index in [9.17, 15) is 5.11 Å². The Hall–Kier alpha value is -0.0800.